The summed E-state index contributed by atoms with van der Waals surface area (Å²) in [6.45, 7) is -3.57. The third-order valence-corrected chi connectivity index (χ3v) is 25.9. The number of nitrogens with one attached hydrogen (secondary N) is 5. The van der Waals surface area contributed by atoms with Gasteiger partial charge in [0.05, 0.1) is 83.8 Å². The van der Waals surface area contributed by atoms with E-state index in [1.807, 2.05) is 0 Å². The van der Waals surface area contributed by atoms with E-state index in [9.17, 15) is 182 Å². The summed E-state index contributed by atoms with van der Waals surface area (Å²) in [5, 5.41) is 349. The molecule has 56 atom stereocenters. The Morgan fingerprint density at radius 1 is 0.305 bits per heavy atom. The molecule has 11 fully saturated rings. The number of hydrogen-bond donors (Lipinski definition) is 35. The van der Waals surface area contributed by atoms with Crippen LogP contribution >= 0.6 is 0 Å². The first-order valence-corrected chi connectivity index (χ1v) is 45.0. The van der Waals surface area contributed by atoms with E-state index >= 15 is 0 Å². The smallest absolute Gasteiger partial charge is 0.364 e. The van der Waals surface area contributed by atoms with E-state index < -0.39 is 444 Å². The van der Waals surface area contributed by atoms with Crippen LogP contribution in [0.4, 0.5) is 0 Å². The van der Waals surface area contributed by atoms with Gasteiger partial charge in [0.15, 0.2) is 62.9 Å². The Kier molecular flexibility index (Phi) is 41.1. The largest absolute Gasteiger partial charge is 0.477 e. The van der Waals surface area contributed by atoms with Gasteiger partial charge in [-0.2, -0.15) is 0 Å². The molecule has 11 rings (SSSR count). The van der Waals surface area contributed by atoms with Crippen molar-refractivity contribution in [2.75, 3.05) is 59.5 Å². The number of aliphatic carboxylic acids is 1. The molecular weight excluding hydrogens is 1930 g/mol. The third kappa shape index (κ3) is 25.6. The van der Waals surface area contributed by atoms with Gasteiger partial charge < -0.3 is 279 Å². The summed E-state index contributed by atoms with van der Waals surface area (Å²) < 4.78 is 125. The molecule has 11 saturated heterocycles. The Morgan fingerprint density at radius 2 is 0.638 bits per heavy atom. The van der Waals surface area contributed by atoms with Gasteiger partial charge in [-0.25, -0.2) is 4.79 Å². The fraction of sp³-hybridized carbons (Fsp3) is 0.924. The molecule has 0 radical (unpaired) electrons. The standard InChI is InChI=1S/C79H131N5O57/c1-18-40(100)50(110)53(113)72(122-18)136-63-39(84-24(7)97)71(131-33(16-92)60(63)134-76-57(117)66(46(106)30(13-89)127-76)141-79(78(119)120)8-25(98)35(80-20(3)93)62(140-79)42(102)26(99)9-85)138-65-45(105)28(11-87)125-74(55(65)115)132-58-31(14-90)129-69(36(48(58)108)81-21(4)94)121-17-34-47(107)61(38(68(118)124-34)83-23(6)96)135-75-56(116)64(44(104)29(12-88)126-75)137-70-37(82-22(5)95)49(109)59(32(15-91)130-70)133-77-67(52(112)43(103)27(10-86)128-77)139-73-54(114)51(111)41(101)19(2)123-73/h18-19,25-77,85-92,98-118H,8-17H2,1-7H3,(H,80,93)(H,81,94)(H,82,95)(H,83,96)(H,84,97)(H,119,120)/t18-,19-,25-,26+,27+,28+,29+,30+,31+,32+,33+,34+,35+,36+,37+,38+,39+,40+,41+,42+,43-,44-,45-,46-,47-,48+,49+,50+,51+,52-,53-,54-,55+,56+,57+,58+,59+,60+,61+,62+,63+,64-,65-,66-,67+,68-,69+,70-,71-,72-,73-,74-,75-,76-,77-,79-/m0/s1. The molecule has 141 heavy (non-hydrogen) atoms. The van der Waals surface area contributed by atoms with Crippen LogP contribution in [0.3, 0.4) is 0 Å². The van der Waals surface area contributed by atoms with Gasteiger partial charge in [-0.3, -0.25) is 24.0 Å². The molecule has 0 aliphatic carbocycles. The van der Waals surface area contributed by atoms with E-state index in [4.69, 9.17) is 99.5 Å². The van der Waals surface area contributed by atoms with Gasteiger partial charge in [0, 0.05) is 41.0 Å². The first-order valence-electron chi connectivity index (χ1n) is 45.0. The molecule has 0 bridgehead atoms. The molecule has 0 saturated carbocycles. The summed E-state index contributed by atoms with van der Waals surface area (Å²) in [5.41, 5.74) is 0. The molecule has 0 unspecified atom stereocenters. The number of carboxylic acid groups (broad SMARTS) is 1. The highest BCUT2D eigenvalue weighted by Crippen LogP contribution is 2.44. The molecule has 0 aromatic carbocycles. The van der Waals surface area contributed by atoms with Crippen LogP contribution in [0, 0.1) is 0 Å². The van der Waals surface area contributed by atoms with Crippen LogP contribution in [-0.2, 0) is 128 Å². The van der Waals surface area contributed by atoms with Crippen molar-refractivity contribution in [1.82, 2.24) is 26.6 Å². The summed E-state index contributed by atoms with van der Waals surface area (Å²) in [6.07, 6.45) is -107. The van der Waals surface area contributed by atoms with Crippen molar-refractivity contribution in [2.24, 2.45) is 0 Å². The summed E-state index contributed by atoms with van der Waals surface area (Å²) >= 11 is 0. The van der Waals surface area contributed by atoms with Crippen LogP contribution in [0.5, 0.6) is 0 Å². The van der Waals surface area contributed by atoms with E-state index in [2.05, 4.69) is 26.6 Å². The lowest BCUT2D eigenvalue weighted by molar-refractivity contribution is -0.399. The summed E-state index contributed by atoms with van der Waals surface area (Å²) in [4.78, 5) is 78.4. The zero-order valence-corrected chi connectivity index (χ0v) is 76.3. The maximum atomic E-state index is 13.6. The number of carbonyl (C=O) groups is 6. The maximum Gasteiger partial charge on any atom is 0.364 e. The summed E-state index contributed by atoms with van der Waals surface area (Å²) in [5.74, 6) is -10.4. The number of rotatable bonds is 37. The molecule has 0 aromatic rings. The van der Waals surface area contributed by atoms with E-state index in [0.29, 0.717) is 0 Å². The Balaban J connectivity index is 0.811. The second-order valence-electron chi connectivity index (χ2n) is 35.9. The molecule has 62 heteroatoms. The average Bonchev–Trinajstić information content (AvgIpc) is 0.754. The van der Waals surface area contributed by atoms with Crippen LogP contribution in [0.25, 0.3) is 0 Å². The fourth-order valence-electron chi connectivity index (χ4n) is 18.4. The summed E-state index contributed by atoms with van der Waals surface area (Å²) in [7, 11) is 0. The highest BCUT2D eigenvalue weighted by molar-refractivity contribution is 5.77. The van der Waals surface area contributed by atoms with Gasteiger partial charge in [-0.15, -0.1) is 0 Å². The molecule has 62 nitrogen and oxygen atoms in total. The molecule has 814 valence electrons. The van der Waals surface area contributed by atoms with Gasteiger partial charge in [0.2, 0.25) is 29.5 Å². The van der Waals surface area contributed by atoms with Crippen molar-refractivity contribution in [3.8, 4) is 0 Å². The average molecular weight is 2060 g/mol. The third-order valence-electron chi connectivity index (χ3n) is 25.9. The van der Waals surface area contributed by atoms with Crippen molar-refractivity contribution in [3.63, 3.8) is 0 Å². The number of aliphatic hydroxyl groups excluding tert-OH is 29. The maximum absolute atomic E-state index is 13.6. The van der Waals surface area contributed by atoms with E-state index in [-0.39, 0.29) is 0 Å². The Labute approximate surface area is 798 Å². The van der Waals surface area contributed by atoms with Crippen molar-refractivity contribution < 1.29 is 281 Å². The molecule has 35 N–H and O–H groups in total. The Bertz CT molecular complexity index is 3990. The number of hydrogen-bond acceptors (Lipinski definition) is 56. The second-order valence-corrected chi connectivity index (χ2v) is 35.9. The van der Waals surface area contributed by atoms with Crippen molar-refractivity contribution in [3.05, 3.63) is 0 Å². The molecule has 11 aliphatic heterocycles. The van der Waals surface area contributed by atoms with Crippen LogP contribution in [0.1, 0.15) is 54.9 Å². The van der Waals surface area contributed by atoms with Crippen LogP contribution in [0.2, 0.25) is 0 Å². The minimum atomic E-state index is -3.35. The predicted molar refractivity (Wildman–Crippen MR) is 435 cm³/mol. The minimum absolute atomic E-state index is 0.876. The van der Waals surface area contributed by atoms with Crippen molar-refractivity contribution in [2.45, 2.75) is 398 Å². The highest BCUT2D eigenvalue weighted by atomic mass is 16.8. The lowest BCUT2D eigenvalue weighted by atomic mass is 9.88. The number of carboxylic acids is 1. The molecule has 0 aromatic heterocycles. The molecular formula is C79H131N5O57. The van der Waals surface area contributed by atoms with Crippen molar-refractivity contribution in [1.29, 1.82) is 0 Å². The number of aliphatic hydroxyl groups is 29. The van der Waals surface area contributed by atoms with E-state index in [0.717, 1.165) is 34.6 Å². The lowest BCUT2D eigenvalue weighted by Gasteiger charge is -2.52. The van der Waals surface area contributed by atoms with Gasteiger partial charge in [-0.05, 0) is 13.8 Å². The van der Waals surface area contributed by atoms with E-state index in [1.54, 1.807) is 0 Å². The zero-order chi connectivity index (χ0) is 104. The number of amides is 5. The first-order chi connectivity index (χ1) is 66.5. The molecule has 0 spiro atoms. The minimum Gasteiger partial charge on any atom is -0.477 e. The van der Waals surface area contributed by atoms with Crippen molar-refractivity contribution >= 4 is 35.5 Å². The topological polar surface area (TPSA) is 963 Å². The highest BCUT2D eigenvalue weighted by Gasteiger charge is 2.65. The van der Waals surface area contributed by atoms with Gasteiger partial charge in [-0.1, -0.05) is 0 Å². The zero-order valence-electron chi connectivity index (χ0n) is 76.3. The summed E-state index contributed by atoms with van der Waals surface area (Å²) in [6, 6.07) is -9.69. The van der Waals surface area contributed by atoms with Gasteiger partial charge >= 0.3 is 5.97 Å². The SMILES string of the molecule is CC(=O)N[C@@H]1[C@@H](O[C@@H]2O[C@H](CO)[C@H](O)[C@H](O[C@@H]3O[C@H](CO)[C@@H](O[C@@H]4O[C@H](CO)[C@H](O)[C@H](O)[C@H]4O[C@@H]4O[C@@H](C)[C@@H](O)[C@@H](O)[C@@H]4O)[C@H](O)[C@H]3NC(C)=O)[C@H]2O)[C@@H](O)[C@@H](CO[C@@H]2O[C@H](CO)[C@@H](O[C@@H]3O[C@H](CO)[C@H](O)[C@H](O[C@@H]4O[C@H](CO)[C@@H](O[C@@H]5O[C@H](CO)[C@H](O)[C@H](O[C@]6(C(=O)O)C[C@H](O)[C@@H](NC(C)=O)[C@H]([C@H](O)[C@H](O)CO)O6)[C@H]5O)[C@H](O[C@@H]5O[C@@H](C)[C@@H](O)[C@@H](O)[C@@H]5O)[C@H]4NC(C)=O)[C@H]3O)[C@H](O)[C@H]2NC(C)=O)O[C@@H]1O. The van der Waals surface area contributed by atoms with E-state index in [1.165, 1.54) is 13.8 Å². The number of ether oxygens (including phenoxy) is 21. The van der Waals surface area contributed by atoms with Gasteiger partial charge in [0.25, 0.3) is 5.79 Å². The molecule has 11 heterocycles. The Morgan fingerprint density at radius 3 is 1.09 bits per heavy atom. The van der Waals surface area contributed by atoms with Gasteiger partial charge in [0.1, 0.15) is 250 Å². The second kappa shape index (κ2) is 50.0. The predicted octanol–water partition coefficient (Wildman–Crippen LogP) is -23.0. The Hall–Kier alpha value is -5.18. The normalized spacial score (nSPS) is 48.3. The quantitative estimate of drug-likeness (QED) is 0.0275. The van der Waals surface area contributed by atoms with Crippen LogP contribution in [-0.4, -0.2) is 591 Å². The van der Waals surface area contributed by atoms with Crippen LogP contribution in [0.15, 0.2) is 0 Å². The monoisotopic (exact) mass is 2060 g/mol. The number of carbonyl (C=O) groups excluding carboxylic acids is 5. The molecule has 11 aliphatic rings. The van der Waals surface area contributed by atoms with Crippen LogP contribution < -0.4 is 26.6 Å². The lowest BCUT2D eigenvalue weighted by Crippen LogP contribution is -2.72. The molecule has 5 amide bonds. The fourth-order valence-corrected chi connectivity index (χ4v) is 18.4. The first kappa shape index (κ1) is 116.